The first-order chi connectivity index (χ1) is 16.5. The minimum Gasteiger partial charge on any atom is -0.494 e. The lowest BCUT2D eigenvalue weighted by molar-refractivity contribution is 0.0714. The van der Waals surface area contributed by atoms with Crippen molar-refractivity contribution in [1.29, 1.82) is 0 Å². The number of para-hydroxylation sites is 1. The van der Waals surface area contributed by atoms with Crippen molar-refractivity contribution in [3.63, 3.8) is 0 Å². The Hall–Kier alpha value is -3.86. The van der Waals surface area contributed by atoms with Crippen LogP contribution in [0.15, 0.2) is 88.1 Å². The number of ether oxygens (including phenoxy) is 1. The van der Waals surface area contributed by atoms with E-state index in [-0.39, 0.29) is 17.1 Å². The van der Waals surface area contributed by atoms with Crippen molar-refractivity contribution in [2.24, 2.45) is 5.92 Å². The van der Waals surface area contributed by atoms with Crippen LogP contribution in [0.25, 0.3) is 11.0 Å². The molecular weight excluding hydrogens is 426 g/mol. The average Bonchev–Trinajstić information content (AvgIpc) is 3.11. The summed E-state index contributed by atoms with van der Waals surface area (Å²) >= 11 is 0. The van der Waals surface area contributed by atoms with Crippen LogP contribution in [0.4, 0.5) is 0 Å². The van der Waals surface area contributed by atoms with Gasteiger partial charge in [-0.15, -0.1) is 0 Å². The minimum atomic E-state index is -0.558. The maximum Gasteiger partial charge on any atom is 0.291 e. The first-order valence-electron chi connectivity index (χ1n) is 11.7. The summed E-state index contributed by atoms with van der Waals surface area (Å²) in [5, 5.41) is 0.477. The molecule has 1 atom stereocenters. The number of hydrogen-bond acceptors (Lipinski definition) is 4. The molecule has 34 heavy (non-hydrogen) atoms. The molecule has 0 fully saturated rings. The summed E-state index contributed by atoms with van der Waals surface area (Å²) in [6.07, 6.45) is 0.949. The summed E-state index contributed by atoms with van der Waals surface area (Å²) < 4.78 is 12.0. The van der Waals surface area contributed by atoms with Gasteiger partial charge in [-0.1, -0.05) is 68.4 Å². The Bertz CT molecular complexity index is 1390. The van der Waals surface area contributed by atoms with Crippen molar-refractivity contribution in [1.82, 2.24) is 4.90 Å². The van der Waals surface area contributed by atoms with E-state index in [1.165, 1.54) is 0 Å². The van der Waals surface area contributed by atoms with Gasteiger partial charge in [0, 0.05) is 6.54 Å². The zero-order valence-corrected chi connectivity index (χ0v) is 19.4. The van der Waals surface area contributed by atoms with E-state index in [1.54, 1.807) is 23.1 Å². The fraction of sp³-hybridized carbons (Fsp3) is 0.241. The van der Waals surface area contributed by atoms with E-state index in [2.05, 4.69) is 13.8 Å². The Morgan fingerprint density at radius 3 is 2.50 bits per heavy atom. The molecule has 0 spiro atoms. The van der Waals surface area contributed by atoms with Gasteiger partial charge in [0.15, 0.2) is 5.43 Å². The van der Waals surface area contributed by atoms with Crippen LogP contribution < -0.4 is 10.2 Å². The van der Waals surface area contributed by atoms with E-state index < -0.39 is 6.04 Å². The second-order valence-corrected chi connectivity index (χ2v) is 9.09. The molecule has 0 bridgehead atoms. The molecule has 1 amide bonds. The molecule has 3 aromatic carbocycles. The average molecular weight is 454 g/mol. The van der Waals surface area contributed by atoms with Crippen molar-refractivity contribution in [2.75, 3.05) is 6.61 Å². The molecule has 1 aliphatic rings. The zero-order valence-electron chi connectivity index (χ0n) is 19.4. The molecule has 0 N–H and O–H groups in total. The monoisotopic (exact) mass is 453 g/mol. The molecule has 5 heteroatoms. The number of carbonyl (C=O) groups is 1. The Kier molecular flexibility index (Phi) is 5.93. The SMILES string of the molecule is CC(C)CCOc1cccc(C2c3c(oc4ccccc4c3=O)C(=O)N2Cc2ccccc2)c1. The maximum atomic E-state index is 13.6. The van der Waals surface area contributed by atoms with E-state index in [9.17, 15) is 9.59 Å². The van der Waals surface area contributed by atoms with Crippen molar-refractivity contribution in [3.8, 4) is 5.75 Å². The molecule has 1 aliphatic heterocycles. The normalized spacial score (nSPS) is 15.2. The molecule has 172 valence electrons. The van der Waals surface area contributed by atoms with Crippen LogP contribution >= 0.6 is 0 Å². The Labute approximate surface area is 198 Å². The fourth-order valence-electron chi connectivity index (χ4n) is 4.44. The molecule has 1 aromatic heterocycles. The molecule has 4 aromatic rings. The number of fused-ring (bicyclic) bond motifs is 2. The Morgan fingerprint density at radius 2 is 1.71 bits per heavy atom. The maximum absolute atomic E-state index is 13.6. The predicted octanol–water partition coefficient (Wildman–Crippen LogP) is 5.96. The quantitative estimate of drug-likeness (QED) is 0.346. The van der Waals surface area contributed by atoms with Gasteiger partial charge >= 0.3 is 0 Å². The van der Waals surface area contributed by atoms with Gasteiger partial charge in [0.2, 0.25) is 5.76 Å². The van der Waals surface area contributed by atoms with Gasteiger partial charge in [0.1, 0.15) is 11.3 Å². The van der Waals surface area contributed by atoms with Gasteiger partial charge in [-0.3, -0.25) is 9.59 Å². The number of amides is 1. The smallest absolute Gasteiger partial charge is 0.291 e. The highest BCUT2D eigenvalue weighted by Crippen LogP contribution is 2.40. The van der Waals surface area contributed by atoms with Gasteiger partial charge < -0.3 is 14.1 Å². The third kappa shape index (κ3) is 4.10. The number of rotatable bonds is 7. The highest BCUT2D eigenvalue weighted by Gasteiger charge is 2.42. The molecule has 5 nitrogen and oxygen atoms in total. The number of carbonyl (C=O) groups excluding carboxylic acids is 1. The standard InChI is InChI=1S/C29H27NO4/c1-19(2)15-16-33-22-12-8-11-21(17-22)26-25-27(31)23-13-6-7-14-24(23)34-28(25)29(32)30(26)18-20-9-4-3-5-10-20/h3-14,17,19,26H,15-16,18H2,1-2H3. The first kappa shape index (κ1) is 22.0. The number of benzene rings is 3. The van der Waals surface area contributed by atoms with Crippen LogP contribution in [0.2, 0.25) is 0 Å². The predicted molar refractivity (Wildman–Crippen MR) is 132 cm³/mol. The van der Waals surface area contributed by atoms with E-state index >= 15 is 0 Å². The molecule has 0 aliphatic carbocycles. The van der Waals surface area contributed by atoms with Crippen molar-refractivity contribution < 1.29 is 13.9 Å². The van der Waals surface area contributed by atoms with Gasteiger partial charge in [-0.2, -0.15) is 0 Å². The van der Waals surface area contributed by atoms with Crippen LogP contribution in [-0.2, 0) is 6.54 Å². The summed E-state index contributed by atoms with van der Waals surface area (Å²) in [7, 11) is 0. The van der Waals surface area contributed by atoms with Crippen LogP contribution in [-0.4, -0.2) is 17.4 Å². The highest BCUT2D eigenvalue weighted by atomic mass is 16.5. The lowest BCUT2D eigenvalue weighted by Crippen LogP contribution is -2.29. The number of nitrogens with zero attached hydrogens (tertiary/aromatic N) is 1. The van der Waals surface area contributed by atoms with Gasteiger partial charge in [-0.05, 0) is 47.7 Å². The van der Waals surface area contributed by atoms with Gasteiger partial charge in [0.25, 0.3) is 5.91 Å². The van der Waals surface area contributed by atoms with Crippen LogP contribution in [0, 0.1) is 5.92 Å². The van der Waals surface area contributed by atoms with E-state index in [0.717, 1.165) is 23.3 Å². The van der Waals surface area contributed by atoms with Crippen molar-refractivity contribution in [3.05, 3.63) is 112 Å². The molecule has 2 heterocycles. The number of hydrogen-bond donors (Lipinski definition) is 0. The second kappa shape index (κ2) is 9.18. The first-order valence-corrected chi connectivity index (χ1v) is 11.7. The van der Waals surface area contributed by atoms with Crippen LogP contribution in [0.3, 0.4) is 0 Å². The van der Waals surface area contributed by atoms with Crippen molar-refractivity contribution in [2.45, 2.75) is 32.9 Å². The Balaban J connectivity index is 1.61. The fourth-order valence-corrected chi connectivity index (χ4v) is 4.44. The second-order valence-electron chi connectivity index (χ2n) is 9.09. The molecule has 5 rings (SSSR count). The van der Waals surface area contributed by atoms with E-state index in [0.29, 0.717) is 35.6 Å². The molecule has 0 radical (unpaired) electrons. The summed E-state index contributed by atoms with van der Waals surface area (Å²) in [6, 6.07) is 24.0. The zero-order chi connectivity index (χ0) is 23.7. The molecule has 0 saturated heterocycles. The van der Waals surface area contributed by atoms with Crippen LogP contribution in [0.1, 0.15) is 53.6 Å². The summed E-state index contributed by atoms with van der Waals surface area (Å²) in [6.45, 7) is 5.29. The topological polar surface area (TPSA) is 59.8 Å². The van der Waals surface area contributed by atoms with Gasteiger partial charge in [-0.25, -0.2) is 0 Å². The van der Waals surface area contributed by atoms with Crippen LogP contribution in [0.5, 0.6) is 5.75 Å². The lowest BCUT2D eigenvalue weighted by Gasteiger charge is -2.25. The molecule has 0 saturated carbocycles. The summed E-state index contributed by atoms with van der Waals surface area (Å²) in [5.41, 5.74) is 2.45. The summed E-state index contributed by atoms with van der Waals surface area (Å²) in [4.78, 5) is 28.9. The molecular formula is C29H27NO4. The van der Waals surface area contributed by atoms with E-state index in [1.807, 2.05) is 60.7 Å². The lowest BCUT2D eigenvalue weighted by atomic mass is 9.98. The minimum absolute atomic E-state index is 0.121. The molecule has 1 unspecified atom stereocenters. The third-order valence-corrected chi connectivity index (χ3v) is 6.21. The Morgan fingerprint density at radius 1 is 0.941 bits per heavy atom. The van der Waals surface area contributed by atoms with Gasteiger partial charge in [0.05, 0.1) is 23.6 Å². The largest absolute Gasteiger partial charge is 0.494 e. The van der Waals surface area contributed by atoms with E-state index in [4.69, 9.17) is 9.15 Å². The van der Waals surface area contributed by atoms with Crippen molar-refractivity contribution >= 4 is 16.9 Å². The third-order valence-electron chi connectivity index (χ3n) is 6.21. The highest BCUT2D eigenvalue weighted by molar-refractivity contribution is 5.99. The summed E-state index contributed by atoms with van der Waals surface area (Å²) in [5.74, 6) is 1.11.